The highest BCUT2D eigenvalue weighted by Crippen LogP contribution is 2.31. The first-order chi connectivity index (χ1) is 15.5. The van der Waals surface area contributed by atoms with E-state index in [2.05, 4.69) is 15.0 Å². The van der Waals surface area contributed by atoms with Gasteiger partial charge < -0.3 is 25.2 Å². The van der Waals surface area contributed by atoms with E-state index in [0.29, 0.717) is 31.5 Å². The number of halogens is 3. The summed E-state index contributed by atoms with van der Waals surface area (Å²) >= 11 is 0. The van der Waals surface area contributed by atoms with Gasteiger partial charge in [-0.2, -0.15) is 0 Å². The van der Waals surface area contributed by atoms with Crippen LogP contribution in [0.15, 0.2) is 36.5 Å². The fourth-order valence-electron chi connectivity index (χ4n) is 3.50. The lowest BCUT2D eigenvalue weighted by atomic mass is 9.90. The van der Waals surface area contributed by atoms with Gasteiger partial charge in [0.2, 0.25) is 0 Å². The summed E-state index contributed by atoms with van der Waals surface area (Å²) in [6, 6.07) is 6.09. The summed E-state index contributed by atoms with van der Waals surface area (Å²) in [5, 5.41) is 20.8. The quantitative estimate of drug-likeness (QED) is 0.595. The van der Waals surface area contributed by atoms with Crippen LogP contribution < -0.4 is 10.1 Å². The van der Waals surface area contributed by atoms with E-state index in [1.165, 1.54) is 24.4 Å². The summed E-state index contributed by atoms with van der Waals surface area (Å²) in [5.41, 5.74) is 0.618. The van der Waals surface area contributed by atoms with Crippen LogP contribution in [-0.2, 0) is 4.79 Å². The number of pyridine rings is 1. The molecule has 176 valence electrons. The maximum atomic E-state index is 12.6. The molecule has 3 rings (SSSR count). The van der Waals surface area contributed by atoms with E-state index in [-0.39, 0.29) is 28.8 Å². The summed E-state index contributed by atoms with van der Waals surface area (Å²) in [5.74, 6) is -3.19. The Bertz CT molecular complexity index is 1030. The van der Waals surface area contributed by atoms with Gasteiger partial charge in [0.25, 0.3) is 11.8 Å². The van der Waals surface area contributed by atoms with E-state index >= 15 is 0 Å². The summed E-state index contributed by atoms with van der Waals surface area (Å²) < 4.78 is 40.6. The van der Waals surface area contributed by atoms with Crippen LogP contribution in [0, 0.1) is 0 Å². The first kappa shape index (κ1) is 23.8. The number of likely N-dealkylation sites (tertiary alicyclic amines) is 1. The second kappa shape index (κ2) is 9.76. The molecular formula is C21H20F3N3O6. The molecule has 1 aromatic carbocycles. The van der Waals surface area contributed by atoms with Crippen LogP contribution in [0.1, 0.15) is 45.2 Å². The van der Waals surface area contributed by atoms with Crippen molar-refractivity contribution in [3.63, 3.8) is 0 Å². The maximum absolute atomic E-state index is 12.6. The Balaban J connectivity index is 1.58. The first-order valence-electron chi connectivity index (χ1n) is 9.87. The molecule has 0 bridgehead atoms. The number of carboxylic acid groups (broad SMARTS) is 1. The molecular weight excluding hydrogens is 447 g/mol. The van der Waals surface area contributed by atoms with Crippen LogP contribution >= 0.6 is 0 Å². The average molecular weight is 467 g/mol. The van der Waals surface area contributed by atoms with Crippen molar-refractivity contribution >= 4 is 17.8 Å². The molecule has 2 amide bonds. The molecule has 1 aliphatic heterocycles. The number of hydrogen-bond acceptors (Lipinski definition) is 6. The van der Waals surface area contributed by atoms with Gasteiger partial charge in [-0.1, -0.05) is 0 Å². The third-order valence-corrected chi connectivity index (χ3v) is 5.09. The van der Waals surface area contributed by atoms with Gasteiger partial charge in [-0.15, -0.1) is 13.2 Å². The molecule has 2 aromatic rings. The van der Waals surface area contributed by atoms with E-state index in [1.54, 1.807) is 4.90 Å². The van der Waals surface area contributed by atoms with Crippen molar-refractivity contribution in [2.45, 2.75) is 25.1 Å². The average Bonchev–Trinajstić information content (AvgIpc) is 2.76. The predicted octanol–water partition coefficient (Wildman–Crippen LogP) is 2.52. The summed E-state index contributed by atoms with van der Waals surface area (Å²) in [6.45, 7) is 0.157. The summed E-state index contributed by atoms with van der Waals surface area (Å²) in [4.78, 5) is 40.6. The van der Waals surface area contributed by atoms with E-state index in [4.69, 9.17) is 5.11 Å². The normalized spacial score (nSPS) is 14.6. The van der Waals surface area contributed by atoms with Crippen LogP contribution in [0.2, 0.25) is 0 Å². The highest BCUT2D eigenvalue weighted by molar-refractivity contribution is 5.96. The number of carboxylic acids is 1. The van der Waals surface area contributed by atoms with Crippen molar-refractivity contribution in [1.82, 2.24) is 15.2 Å². The Morgan fingerprint density at radius 1 is 1.15 bits per heavy atom. The van der Waals surface area contributed by atoms with Crippen molar-refractivity contribution < 1.29 is 42.5 Å². The number of carbonyl (C=O) groups excluding carboxylic acids is 2. The van der Waals surface area contributed by atoms with Gasteiger partial charge in [-0.3, -0.25) is 14.4 Å². The number of piperidine rings is 1. The van der Waals surface area contributed by atoms with Crippen LogP contribution in [-0.4, -0.2) is 63.9 Å². The molecule has 12 heteroatoms. The minimum Gasteiger partial charge on any atom is -0.505 e. The van der Waals surface area contributed by atoms with E-state index in [9.17, 15) is 32.7 Å². The Hall–Kier alpha value is -3.83. The van der Waals surface area contributed by atoms with Crippen molar-refractivity contribution in [3.8, 4) is 11.5 Å². The highest BCUT2D eigenvalue weighted by atomic mass is 19.4. The molecule has 9 nitrogen and oxygen atoms in total. The minimum atomic E-state index is -4.81. The lowest BCUT2D eigenvalue weighted by Crippen LogP contribution is -2.38. The number of aliphatic carboxylic acids is 1. The number of aromatic hydroxyl groups is 1. The number of amides is 2. The number of nitrogens with zero attached hydrogens (tertiary/aromatic N) is 2. The number of rotatable bonds is 6. The molecule has 2 heterocycles. The number of aromatic nitrogens is 1. The fraction of sp³-hybridized carbons (Fsp3) is 0.333. The Labute approximate surface area is 185 Å². The number of ether oxygens (including phenoxy) is 1. The molecule has 0 aliphatic carbocycles. The van der Waals surface area contributed by atoms with Crippen molar-refractivity contribution in [2.75, 3.05) is 19.6 Å². The number of alkyl halides is 3. The van der Waals surface area contributed by atoms with Crippen molar-refractivity contribution in [2.24, 2.45) is 0 Å². The molecule has 1 aliphatic rings. The first-order valence-corrected chi connectivity index (χ1v) is 9.87. The Morgan fingerprint density at radius 2 is 1.79 bits per heavy atom. The topological polar surface area (TPSA) is 129 Å². The maximum Gasteiger partial charge on any atom is 0.573 e. The largest absolute Gasteiger partial charge is 0.573 e. The van der Waals surface area contributed by atoms with Gasteiger partial charge in [0.15, 0.2) is 5.69 Å². The smallest absolute Gasteiger partial charge is 0.505 e. The monoisotopic (exact) mass is 467 g/mol. The SMILES string of the molecule is O=C(O)CNC(=O)c1ncc(C2CCN(C(=O)c3ccc(OC(F)(F)F)cc3)CC2)cc1O. The lowest BCUT2D eigenvalue weighted by molar-refractivity contribution is -0.274. The predicted molar refractivity (Wildman–Crippen MR) is 107 cm³/mol. The van der Waals surface area contributed by atoms with E-state index in [0.717, 1.165) is 12.1 Å². The second-order valence-corrected chi connectivity index (χ2v) is 7.35. The lowest BCUT2D eigenvalue weighted by Gasteiger charge is -2.32. The summed E-state index contributed by atoms with van der Waals surface area (Å²) in [6.07, 6.45) is -2.28. The molecule has 1 aromatic heterocycles. The molecule has 0 atom stereocenters. The molecule has 0 radical (unpaired) electrons. The van der Waals surface area contributed by atoms with Gasteiger partial charge in [0, 0.05) is 24.8 Å². The molecule has 1 fully saturated rings. The molecule has 0 unspecified atom stereocenters. The fourth-order valence-corrected chi connectivity index (χ4v) is 3.50. The zero-order valence-electron chi connectivity index (χ0n) is 17.1. The minimum absolute atomic E-state index is 0.0360. The third kappa shape index (κ3) is 6.34. The van der Waals surface area contributed by atoms with E-state index < -0.39 is 30.5 Å². The number of benzene rings is 1. The molecule has 1 saturated heterocycles. The standard InChI is InChI=1S/C21H20F3N3O6/c22-21(23,24)33-15-3-1-13(2-4-15)20(32)27-7-5-12(6-8-27)14-9-16(28)18(25-10-14)19(31)26-11-17(29)30/h1-4,9-10,12,28H,5-8,11H2,(H,26,31)(H,29,30). The second-order valence-electron chi connectivity index (χ2n) is 7.35. The van der Waals surface area contributed by atoms with Gasteiger partial charge in [0.1, 0.15) is 18.0 Å². The highest BCUT2D eigenvalue weighted by Gasteiger charge is 2.31. The van der Waals surface area contributed by atoms with Gasteiger partial charge >= 0.3 is 12.3 Å². The molecule has 0 saturated carbocycles. The van der Waals surface area contributed by atoms with Crippen molar-refractivity contribution in [3.05, 3.63) is 53.3 Å². The van der Waals surface area contributed by atoms with Crippen LogP contribution in [0.4, 0.5) is 13.2 Å². The summed E-state index contributed by atoms with van der Waals surface area (Å²) in [7, 11) is 0. The Kier molecular flexibility index (Phi) is 7.04. The van der Waals surface area contributed by atoms with E-state index in [1.807, 2.05) is 0 Å². The number of carbonyl (C=O) groups is 3. The van der Waals surface area contributed by atoms with Gasteiger partial charge in [0.05, 0.1) is 0 Å². The van der Waals surface area contributed by atoms with Gasteiger partial charge in [-0.05, 0) is 54.7 Å². The third-order valence-electron chi connectivity index (χ3n) is 5.09. The van der Waals surface area contributed by atoms with Crippen molar-refractivity contribution in [1.29, 1.82) is 0 Å². The van der Waals surface area contributed by atoms with Crippen LogP contribution in [0.25, 0.3) is 0 Å². The zero-order valence-corrected chi connectivity index (χ0v) is 17.1. The zero-order chi connectivity index (χ0) is 24.2. The van der Waals surface area contributed by atoms with Crippen LogP contribution in [0.5, 0.6) is 11.5 Å². The molecule has 3 N–H and O–H groups in total. The van der Waals surface area contributed by atoms with Crippen LogP contribution in [0.3, 0.4) is 0 Å². The Morgan fingerprint density at radius 3 is 2.33 bits per heavy atom. The molecule has 0 spiro atoms. The number of hydrogen-bond donors (Lipinski definition) is 3. The number of nitrogens with one attached hydrogen (secondary N) is 1. The molecule has 33 heavy (non-hydrogen) atoms. The van der Waals surface area contributed by atoms with Gasteiger partial charge in [-0.25, -0.2) is 4.98 Å².